The van der Waals surface area contributed by atoms with E-state index in [9.17, 15) is 5.11 Å². The summed E-state index contributed by atoms with van der Waals surface area (Å²) in [4.78, 5) is 1.86. The molecular weight excluding hydrogens is 190 g/mol. The second kappa shape index (κ2) is 6.48. The molecule has 0 aliphatic heterocycles. The molecule has 0 heterocycles. The van der Waals surface area contributed by atoms with Gasteiger partial charge in [-0.15, -0.1) is 0 Å². The largest absolute Gasteiger partial charge is 0.398 e. The summed E-state index contributed by atoms with van der Waals surface area (Å²) in [6.07, 6.45) is 2.40. The van der Waals surface area contributed by atoms with Gasteiger partial charge < -0.3 is 16.6 Å². The van der Waals surface area contributed by atoms with Crippen LogP contribution in [-0.2, 0) is 0 Å². The first-order valence-corrected chi connectivity index (χ1v) is 5.18. The van der Waals surface area contributed by atoms with Gasteiger partial charge >= 0.3 is 0 Å². The topological polar surface area (TPSA) is 75.5 Å². The Hall–Kier alpha value is -1.00. The molecule has 0 aromatic carbocycles. The molecule has 0 bridgehead atoms. The summed E-state index contributed by atoms with van der Waals surface area (Å²) in [6, 6.07) is 0. The first-order chi connectivity index (χ1) is 6.88. The van der Waals surface area contributed by atoms with E-state index in [4.69, 9.17) is 11.5 Å². The molecule has 4 nitrogen and oxygen atoms in total. The van der Waals surface area contributed by atoms with Crippen LogP contribution in [0.25, 0.3) is 0 Å². The number of nitrogens with zero attached hydrogens (tertiary/aromatic N) is 1. The molecule has 0 aromatic rings. The van der Waals surface area contributed by atoms with E-state index in [1.54, 1.807) is 6.92 Å². The third kappa shape index (κ3) is 5.44. The molecule has 0 saturated carbocycles. The average molecular weight is 213 g/mol. The molecule has 0 amide bonds. The van der Waals surface area contributed by atoms with E-state index in [2.05, 4.69) is 13.5 Å². The molecule has 0 spiro atoms. The molecule has 0 rings (SSSR count). The molecular formula is C11H23N3O. The predicted octanol–water partition coefficient (Wildman–Crippen LogP) is 0.598. The van der Waals surface area contributed by atoms with Crippen molar-refractivity contribution < 1.29 is 5.11 Å². The van der Waals surface area contributed by atoms with E-state index in [-0.39, 0.29) is 5.92 Å². The van der Waals surface area contributed by atoms with Crippen LogP contribution in [0.2, 0.25) is 0 Å². The van der Waals surface area contributed by atoms with Crippen LogP contribution in [0.4, 0.5) is 0 Å². The lowest BCUT2D eigenvalue weighted by atomic mass is 10.0. The second-order valence-electron chi connectivity index (χ2n) is 3.89. The third-order valence-corrected chi connectivity index (χ3v) is 2.47. The van der Waals surface area contributed by atoms with Gasteiger partial charge in [-0.3, -0.25) is 4.90 Å². The van der Waals surface area contributed by atoms with Gasteiger partial charge in [-0.25, -0.2) is 0 Å². The average Bonchev–Trinajstić information content (AvgIpc) is 2.15. The van der Waals surface area contributed by atoms with Gasteiger partial charge in [0.05, 0.1) is 5.70 Å². The predicted molar refractivity (Wildman–Crippen MR) is 63.7 cm³/mol. The van der Waals surface area contributed by atoms with Crippen molar-refractivity contribution in [1.82, 2.24) is 4.90 Å². The van der Waals surface area contributed by atoms with Crippen LogP contribution >= 0.6 is 0 Å². The van der Waals surface area contributed by atoms with Gasteiger partial charge in [-0.05, 0) is 26.3 Å². The minimum absolute atomic E-state index is 0.282. The van der Waals surface area contributed by atoms with Crippen LogP contribution < -0.4 is 11.5 Å². The minimum atomic E-state index is -0.449. The van der Waals surface area contributed by atoms with Crippen molar-refractivity contribution in [3.05, 3.63) is 24.0 Å². The number of hydrogen-bond donors (Lipinski definition) is 3. The normalized spacial score (nSPS) is 16.5. The number of aliphatic hydroxyl groups excluding tert-OH is 1. The van der Waals surface area contributed by atoms with Crippen LogP contribution in [-0.4, -0.2) is 29.8 Å². The second-order valence-corrected chi connectivity index (χ2v) is 3.89. The maximum absolute atomic E-state index is 9.34. The van der Waals surface area contributed by atoms with Crippen molar-refractivity contribution in [2.45, 2.75) is 26.5 Å². The van der Waals surface area contributed by atoms with E-state index in [1.165, 1.54) is 0 Å². The van der Waals surface area contributed by atoms with Crippen LogP contribution in [0.15, 0.2) is 24.0 Å². The Morgan fingerprint density at radius 2 is 2.07 bits per heavy atom. The number of aliphatic hydroxyl groups is 1. The van der Waals surface area contributed by atoms with Gasteiger partial charge in [-0.2, -0.15) is 0 Å². The maximum Gasteiger partial charge on any atom is 0.104 e. The summed E-state index contributed by atoms with van der Waals surface area (Å²) in [7, 11) is 1.87. The van der Waals surface area contributed by atoms with Crippen molar-refractivity contribution in [3.63, 3.8) is 0 Å². The molecule has 0 saturated heterocycles. The van der Waals surface area contributed by atoms with Gasteiger partial charge in [-0.1, -0.05) is 19.6 Å². The standard InChI is InChI=1S/C11H23N3O/c1-5-10(6-11(13)8(2)12)7-14(4)9(3)15/h6,9-10,15H,2,5,7,12-13H2,1,3-4H3/b11-6+. The Morgan fingerprint density at radius 1 is 1.53 bits per heavy atom. The summed E-state index contributed by atoms with van der Waals surface area (Å²) in [6.45, 7) is 8.14. The number of nitrogens with two attached hydrogens (primary N) is 2. The van der Waals surface area contributed by atoms with Crippen molar-refractivity contribution in [2.75, 3.05) is 13.6 Å². The molecule has 2 atom stereocenters. The fourth-order valence-corrected chi connectivity index (χ4v) is 1.18. The molecule has 5 N–H and O–H groups in total. The van der Waals surface area contributed by atoms with E-state index >= 15 is 0 Å². The van der Waals surface area contributed by atoms with Gasteiger partial charge in [0.1, 0.15) is 6.23 Å². The van der Waals surface area contributed by atoms with Crippen LogP contribution in [0.3, 0.4) is 0 Å². The van der Waals surface area contributed by atoms with E-state index in [1.807, 2.05) is 18.0 Å². The van der Waals surface area contributed by atoms with Crippen LogP contribution in [0, 0.1) is 5.92 Å². The van der Waals surface area contributed by atoms with Gasteiger partial charge in [0.2, 0.25) is 0 Å². The summed E-state index contributed by atoms with van der Waals surface area (Å²) in [5.74, 6) is 0.282. The Labute approximate surface area is 92.2 Å². The summed E-state index contributed by atoms with van der Waals surface area (Å²) in [5, 5.41) is 9.34. The number of rotatable bonds is 6. The quantitative estimate of drug-likeness (QED) is 0.446. The fraction of sp³-hybridized carbons (Fsp3) is 0.636. The minimum Gasteiger partial charge on any atom is -0.398 e. The highest BCUT2D eigenvalue weighted by Gasteiger charge is 2.11. The van der Waals surface area contributed by atoms with Gasteiger partial charge in [0.25, 0.3) is 0 Å². The van der Waals surface area contributed by atoms with Crippen molar-refractivity contribution >= 4 is 0 Å². The molecule has 0 aromatic heterocycles. The Kier molecular flexibility index (Phi) is 6.05. The lowest BCUT2D eigenvalue weighted by Gasteiger charge is -2.24. The van der Waals surface area contributed by atoms with Crippen molar-refractivity contribution in [2.24, 2.45) is 17.4 Å². The van der Waals surface area contributed by atoms with Gasteiger partial charge in [0.15, 0.2) is 0 Å². The summed E-state index contributed by atoms with van der Waals surface area (Å²) < 4.78 is 0. The zero-order chi connectivity index (χ0) is 12.0. The van der Waals surface area contributed by atoms with E-state index in [0.29, 0.717) is 11.4 Å². The third-order valence-electron chi connectivity index (χ3n) is 2.47. The smallest absolute Gasteiger partial charge is 0.104 e. The lowest BCUT2D eigenvalue weighted by Crippen LogP contribution is -2.33. The fourth-order valence-electron chi connectivity index (χ4n) is 1.18. The highest BCUT2D eigenvalue weighted by Crippen LogP contribution is 2.10. The van der Waals surface area contributed by atoms with Crippen molar-refractivity contribution in [1.29, 1.82) is 0 Å². The first-order valence-electron chi connectivity index (χ1n) is 5.18. The highest BCUT2D eigenvalue weighted by atomic mass is 16.3. The SMILES string of the molecule is C=C(N)/C(N)=C\C(CC)CN(C)C(C)O. The Balaban J connectivity index is 4.38. The summed E-state index contributed by atoms with van der Waals surface area (Å²) >= 11 is 0. The Morgan fingerprint density at radius 3 is 2.40 bits per heavy atom. The molecule has 0 aliphatic rings. The maximum atomic E-state index is 9.34. The summed E-state index contributed by atoms with van der Waals surface area (Å²) in [5.41, 5.74) is 12.1. The number of hydrogen-bond acceptors (Lipinski definition) is 4. The van der Waals surface area contributed by atoms with E-state index < -0.39 is 6.23 Å². The van der Waals surface area contributed by atoms with Crippen molar-refractivity contribution in [3.8, 4) is 0 Å². The monoisotopic (exact) mass is 213 g/mol. The molecule has 88 valence electrons. The Bertz CT molecular complexity index is 236. The highest BCUT2D eigenvalue weighted by molar-refractivity contribution is 5.22. The molecule has 4 heteroatoms. The zero-order valence-electron chi connectivity index (χ0n) is 9.90. The van der Waals surface area contributed by atoms with Crippen LogP contribution in [0.1, 0.15) is 20.3 Å². The van der Waals surface area contributed by atoms with Crippen LogP contribution in [0.5, 0.6) is 0 Å². The molecule has 0 fully saturated rings. The van der Waals surface area contributed by atoms with Gasteiger partial charge in [0, 0.05) is 12.2 Å². The zero-order valence-corrected chi connectivity index (χ0v) is 9.90. The molecule has 0 radical (unpaired) electrons. The van der Waals surface area contributed by atoms with E-state index in [0.717, 1.165) is 13.0 Å². The molecule has 0 aliphatic carbocycles. The molecule has 15 heavy (non-hydrogen) atoms. The molecule has 2 unspecified atom stereocenters. The first kappa shape index (κ1) is 14.0. The lowest BCUT2D eigenvalue weighted by molar-refractivity contribution is 0.0315.